The van der Waals surface area contributed by atoms with Gasteiger partial charge < -0.3 is 9.47 Å². The van der Waals surface area contributed by atoms with Gasteiger partial charge in [-0.15, -0.1) is 0 Å². The molecule has 264 valence electrons. The number of rotatable bonds is 34. The van der Waals surface area contributed by atoms with Crippen molar-refractivity contribution in [3.05, 3.63) is 0 Å². The zero-order valence-corrected chi connectivity index (χ0v) is 30.7. The Morgan fingerprint density at radius 1 is 0.295 bits per heavy atom. The van der Waals surface area contributed by atoms with Gasteiger partial charge in [0, 0.05) is 12.8 Å². The molecule has 0 spiro atoms. The Morgan fingerprint density at radius 3 is 0.795 bits per heavy atom. The monoisotopic (exact) mass is 625 g/mol. The first-order valence-corrected chi connectivity index (χ1v) is 19.9. The third-order valence-electron chi connectivity index (χ3n) is 8.49. The Bertz CT molecular complexity index is 547. The average Bonchev–Trinajstić information content (AvgIpc) is 3.02. The lowest BCUT2D eigenvalue weighted by Crippen LogP contribution is -2.05. The molecule has 0 rings (SSSR count). The predicted molar refractivity (Wildman–Crippen MR) is 192 cm³/mol. The summed E-state index contributed by atoms with van der Waals surface area (Å²) in [5, 5.41) is 0. The molecule has 0 fully saturated rings. The third kappa shape index (κ3) is 43.1. The van der Waals surface area contributed by atoms with E-state index in [0.717, 1.165) is 32.1 Å². The molecule has 0 atom stereocenters. The number of esters is 2. The summed E-state index contributed by atoms with van der Waals surface area (Å²) < 4.78 is 10.5. The number of carbonyl (C=O) groups excluding carboxylic acids is 2. The highest BCUT2D eigenvalue weighted by molar-refractivity contribution is 5.69. The van der Waals surface area contributed by atoms with E-state index in [2.05, 4.69) is 27.7 Å². The number of ether oxygens (including phenoxy) is 2. The number of hydrogen-bond acceptors (Lipinski definition) is 4. The lowest BCUT2D eigenvalue weighted by atomic mass is 10.1. The predicted octanol–water partition coefficient (Wildman–Crippen LogP) is 13.6. The van der Waals surface area contributed by atoms with E-state index in [4.69, 9.17) is 9.47 Å². The molecule has 0 saturated heterocycles. The molecule has 0 amide bonds. The van der Waals surface area contributed by atoms with Crippen molar-refractivity contribution >= 4 is 11.9 Å². The Balaban J connectivity index is 0. The molecule has 0 radical (unpaired) electrons. The fraction of sp³-hybridized carbons (Fsp3) is 0.950. The molecule has 0 aliphatic heterocycles. The number of unbranched alkanes of at least 4 members (excludes halogenated alkanes) is 26. The molecule has 0 aromatic heterocycles. The van der Waals surface area contributed by atoms with E-state index < -0.39 is 0 Å². The zero-order chi connectivity index (χ0) is 32.6. The van der Waals surface area contributed by atoms with Gasteiger partial charge >= 0.3 is 11.9 Å². The number of hydrogen-bond donors (Lipinski definition) is 0. The summed E-state index contributed by atoms with van der Waals surface area (Å²) in [5.74, 6) is 0.0150. The summed E-state index contributed by atoms with van der Waals surface area (Å²) in [6, 6.07) is 0. The van der Waals surface area contributed by atoms with Gasteiger partial charge in [-0.05, 0) is 25.7 Å². The molecule has 44 heavy (non-hydrogen) atoms. The van der Waals surface area contributed by atoms with Gasteiger partial charge in [0.05, 0.1) is 13.2 Å². The van der Waals surface area contributed by atoms with E-state index in [1.54, 1.807) is 0 Å². The molecule has 0 aromatic carbocycles. The highest BCUT2D eigenvalue weighted by Gasteiger charge is 2.03. The minimum Gasteiger partial charge on any atom is -0.466 e. The van der Waals surface area contributed by atoms with Crippen molar-refractivity contribution in [2.45, 2.75) is 233 Å². The van der Waals surface area contributed by atoms with E-state index >= 15 is 0 Å². The fourth-order valence-electron chi connectivity index (χ4n) is 5.44. The highest BCUT2D eigenvalue weighted by atomic mass is 16.5. The van der Waals surface area contributed by atoms with Crippen LogP contribution in [0.3, 0.4) is 0 Å². The quantitative estimate of drug-likeness (QED) is 0.0528. The molecule has 0 aliphatic carbocycles. The second-order valence-electron chi connectivity index (χ2n) is 13.1. The van der Waals surface area contributed by atoms with Crippen LogP contribution in [0.5, 0.6) is 0 Å². The first-order chi connectivity index (χ1) is 21.6. The van der Waals surface area contributed by atoms with Crippen molar-refractivity contribution in [3.8, 4) is 0 Å². The van der Waals surface area contributed by atoms with Gasteiger partial charge in [-0.3, -0.25) is 9.59 Å². The van der Waals surface area contributed by atoms with E-state index in [1.165, 1.54) is 161 Å². The van der Waals surface area contributed by atoms with Crippen molar-refractivity contribution in [3.63, 3.8) is 0 Å². The van der Waals surface area contributed by atoms with Crippen LogP contribution in [0.4, 0.5) is 0 Å². The number of carbonyl (C=O) groups is 2. The van der Waals surface area contributed by atoms with E-state index in [-0.39, 0.29) is 11.9 Å². The van der Waals surface area contributed by atoms with Gasteiger partial charge in [0.1, 0.15) is 0 Å². The Morgan fingerprint density at radius 2 is 0.500 bits per heavy atom. The van der Waals surface area contributed by atoms with Crippen LogP contribution in [0.15, 0.2) is 0 Å². The summed E-state index contributed by atoms with van der Waals surface area (Å²) in [7, 11) is 0. The van der Waals surface area contributed by atoms with Crippen LogP contribution in [-0.2, 0) is 19.1 Å². The standard InChI is InChI=1S/C22H44O2.C18H36O2/c1-3-5-7-9-11-12-13-14-16-18-20-22(23)24-21-19-17-15-10-8-6-4-2;1-3-5-7-8-9-10-11-12-13-14-16-18(19)20-17-15-6-4-2/h3-21H2,1-2H3;3-17H2,1-2H3. The third-order valence-corrected chi connectivity index (χ3v) is 8.49. The second kappa shape index (κ2) is 41.9. The Kier molecular flexibility index (Phi) is 43.0. The topological polar surface area (TPSA) is 52.6 Å². The van der Waals surface area contributed by atoms with Crippen LogP contribution in [0.1, 0.15) is 233 Å². The zero-order valence-electron chi connectivity index (χ0n) is 30.7. The van der Waals surface area contributed by atoms with Crippen molar-refractivity contribution < 1.29 is 19.1 Å². The average molecular weight is 625 g/mol. The van der Waals surface area contributed by atoms with E-state index in [1.807, 2.05) is 0 Å². The maximum absolute atomic E-state index is 11.6. The fourth-order valence-corrected chi connectivity index (χ4v) is 5.44. The van der Waals surface area contributed by atoms with Crippen molar-refractivity contribution in [2.24, 2.45) is 0 Å². The molecule has 0 aromatic rings. The Hall–Kier alpha value is -1.06. The maximum atomic E-state index is 11.6. The molecule has 4 heteroatoms. The van der Waals surface area contributed by atoms with Crippen LogP contribution in [0.2, 0.25) is 0 Å². The van der Waals surface area contributed by atoms with Crippen LogP contribution in [0, 0.1) is 0 Å². The van der Waals surface area contributed by atoms with Gasteiger partial charge in [-0.25, -0.2) is 0 Å². The van der Waals surface area contributed by atoms with Gasteiger partial charge in [0.2, 0.25) is 0 Å². The van der Waals surface area contributed by atoms with Crippen molar-refractivity contribution in [2.75, 3.05) is 13.2 Å². The molecule has 0 saturated carbocycles. The molecule has 0 bridgehead atoms. The van der Waals surface area contributed by atoms with Crippen molar-refractivity contribution in [1.82, 2.24) is 0 Å². The lowest BCUT2D eigenvalue weighted by molar-refractivity contribution is -0.144. The van der Waals surface area contributed by atoms with E-state index in [0.29, 0.717) is 26.1 Å². The van der Waals surface area contributed by atoms with Gasteiger partial charge in [0.15, 0.2) is 0 Å². The smallest absolute Gasteiger partial charge is 0.305 e. The minimum absolute atomic E-state index is 0.000619. The molecule has 0 unspecified atom stereocenters. The normalized spacial score (nSPS) is 10.8. The minimum atomic E-state index is 0.000619. The molecule has 4 nitrogen and oxygen atoms in total. The summed E-state index contributed by atoms with van der Waals surface area (Å²) in [4.78, 5) is 23.0. The summed E-state index contributed by atoms with van der Waals surface area (Å²) in [6.45, 7) is 10.2. The molecule has 0 N–H and O–H groups in total. The molecular formula is C40H80O4. The van der Waals surface area contributed by atoms with Crippen LogP contribution in [-0.4, -0.2) is 25.2 Å². The van der Waals surface area contributed by atoms with Gasteiger partial charge in [0.25, 0.3) is 0 Å². The van der Waals surface area contributed by atoms with Gasteiger partial charge in [-0.2, -0.15) is 0 Å². The second-order valence-corrected chi connectivity index (χ2v) is 13.1. The largest absolute Gasteiger partial charge is 0.466 e. The first-order valence-electron chi connectivity index (χ1n) is 19.9. The van der Waals surface area contributed by atoms with E-state index in [9.17, 15) is 9.59 Å². The maximum Gasteiger partial charge on any atom is 0.305 e. The lowest BCUT2D eigenvalue weighted by Gasteiger charge is -2.05. The molecule has 0 aliphatic rings. The first kappa shape index (κ1) is 45.1. The van der Waals surface area contributed by atoms with Crippen LogP contribution >= 0.6 is 0 Å². The highest BCUT2D eigenvalue weighted by Crippen LogP contribution is 2.13. The van der Waals surface area contributed by atoms with Crippen LogP contribution in [0.25, 0.3) is 0 Å². The summed E-state index contributed by atoms with van der Waals surface area (Å²) >= 11 is 0. The molecular weight excluding hydrogens is 544 g/mol. The summed E-state index contributed by atoms with van der Waals surface area (Å²) in [5.41, 5.74) is 0. The summed E-state index contributed by atoms with van der Waals surface area (Å²) in [6.07, 6.45) is 39.6. The Labute approximate surface area is 277 Å². The molecule has 0 heterocycles. The SMILES string of the molecule is CCCCCCCCCCCCC(=O)OCCCCC.CCCCCCCCCCCCC(=O)OCCCCCCCCC. The van der Waals surface area contributed by atoms with Crippen LogP contribution < -0.4 is 0 Å². The van der Waals surface area contributed by atoms with Gasteiger partial charge in [-0.1, -0.05) is 195 Å². The van der Waals surface area contributed by atoms with Crippen molar-refractivity contribution in [1.29, 1.82) is 0 Å².